The summed E-state index contributed by atoms with van der Waals surface area (Å²) in [5.41, 5.74) is -1.01. The van der Waals surface area contributed by atoms with Crippen LogP contribution in [0.25, 0.3) is 0 Å². The molecule has 0 spiro atoms. The molecule has 1 aromatic heterocycles. The summed E-state index contributed by atoms with van der Waals surface area (Å²) >= 11 is 0. The highest BCUT2D eigenvalue weighted by molar-refractivity contribution is 5.94. The number of aromatic nitrogens is 1. The van der Waals surface area contributed by atoms with E-state index in [4.69, 9.17) is 9.84 Å². The third-order valence-corrected chi connectivity index (χ3v) is 3.17. The fourth-order valence-electron chi connectivity index (χ4n) is 1.96. The lowest BCUT2D eigenvalue weighted by Crippen LogP contribution is -2.19. The maximum atomic E-state index is 12.8. The van der Waals surface area contributed by atoms with E-state index < -0.39 is 17.8 Å². The van der Waals surface area contributed by atoms with Crippen LogP contribution in [-0.2, 0) is 6.18 Å². The highest BCUT2D eigenvalue weighted by Gasteiger charge is 2.34. The van der Waals surface area contributed by atoms with Gasteiger partial charge in [-0.1, -0.05) is 0 Å². The van der Waals surface area contributed by atoms with Crippen molar-refractivity contribution in [3.8, 4) is 5.75 Å². The first-order chi connectivity index (χ1) is 10.7. The molecule has 0 aliphatic rings. The number of carbonyl (C=O) groups is 1. The minimum absolute atomic E-state index is 0.294. The third-order valence-electron chi connectivity index (χ3n) is 3.17. The molecule has 0 unspecified atom stereocenters. The molecule has 2 aromatic rings. The van der Waals surface area contributed by atoms with Gasteiger partial charge < -0.3 is 14.7 Å². The average Bonchev–Trinajstić information content (AvgIpc) is 2.52. The molecule has 1 heterocycles. The van der Waals surface area contributed by atoms with Crippen LogP contribution in [0.5, 0.6) is 5.75 Å². The van der Waals surface area contributed by atoms with Crippen molar-refractivity contribution in [2.75, 3.05) is 19.1 Å². The van der Waals surface area contributed by atoms with Gasteiger partial charge in [0.25, 0.3) is 0 Å². The van der Waals surface area contributed by atoms with Crippen LogP contribution in [0.15, 0.2) is 36.4 Å². The van der Waals surface area contributed by atoms with Gasteiger partial charge in [0.2, 0.25) is 0 Å². The molecule has 5 nitrogen and oxygen atoms in total. The minimum atomic E-state index is -4.66. The summed E-state index contributed by atoms with van der Waals surface area (Å²) in [7, 11) is 2.92. The van der Waals surface area contributed by atoms with Crippen molar-refractivity contribution in [2.45, 2.75) is 6.18 Å². The van der Waals surface area contributed by atoms with Crippen LogP contribution in [0.1, 0.15) is 16.1 Å². The summed E-state index contributed by atoms with van der Waals surface area (Å²) in [6.45, 7) is 0. The molecule has 0 atom stereocenters. The van der Waals surface area contributed by atoms with Gasteiger partial charge in [0.05, 0.1) is 7.11 Å². The van der Waals surface area contributed by atoms with E-state index in [0.717, 1.165) is 6.07 Å². The zero-order valence-electron chi connectivity index (χ0n) is 12.3. The van der Waals surface area contributed by atoms with Gasteiger partial charge in [-0.3, -0.25) is 0 Å². The molecule has 0 amide bonds. The van der Waals surface area contributed by atoms with Gasteiger partial charge in [-0.15, -0.1) is 0 Å². The Hall–Kier alpha value is -2.77. The summed E-state index contributed by atoms with van der Waals surface area (Å²) in [6, 6.07) is 7.95. The lowest BCUT2D eigenvalue weighted by molar-refractivity contribution is -0.141. The Morgan fingerprint density at radius 2 is 1.78 bits per heavy atom. The molecule has 0 saturated heterocycles. The Balaban J connectivity index is 2.51. The Morgan fingerprint density at radius 1 is 1.17 bits per heavy atom. The van der Waals surface area contributed by atoms with E-state index in [1.807, 2.05) is 0 Å². The molecule has 23 heavy (non-hydrogen) atoms. The molecule has 0 fully saturated rings. The number of nitrogens with zero attached hydrogens (tertiary/aromatic N) is 2. The highest BCUT2D eigenvalue weighted by Crippen LogP contribution is 2.32. The number of hydrogen-bond donors (Lipinski definition) is 1. The summed E-state index contributed by atoms with van der Waals surface area (Å²) in [6.07, 6.45) is -4.66. The second-order valence-corrected chi connectivity index (χ2v) is 4.63. The molecule has 0 aliphatic carbocycles. The Bertz CT molecular complexity index is 715. The molecule has 1 N–H and O–H groups in total. The summed E-state index contributed by atoms with van der Waals surface area (Å²) in [5.74, 6) is -1.09. The van der Waals surface area contributed by atoms with Crippen LogP contribution in [0.4, 0.5) is 24.7 Å². The van der Waals surface area contributed by atoms with Gasteiger partial charge in [0, 0.05) is 12.7 Å². The number of benzene rings is 1. The average molecular weight is 326 g/mol. The maximum Gasteiger partial charge on any atom is 0.433 e. The van der Waals surface area contributed by atoms with E-state index >= 15 is 0 Å². The normalized spacial score (nSPS) is 11.2. The largest absolute Gasteiger partial charge is 0.497 e. The number of rotatable bonds is 4. The number of pyridine rings is 1. The number of hydrogen-bond acceptors (Lipinski definition) is 4. The lowest BCUT2D eigenvalue weighted by atomic mass is 10.2. The fraction of sp³-hybridized carbons (Fsp3) is 0.200. The zero-order chi connectivity index (χ0) is 17.2. The van der Waals surface area contributed by atoms with Gasteiger partial charge in [-0.05, 0) is 36.4 Å². The standard InChI is InChI=1S/C15H13F3N2O3/c1-20(9-3-5-10(23-2)6-4-9)13-11(14(21)22)7-8-12(19-13)15(16,17)18/h3-8H,1-2H3,(H,21,22). The second-order valence-electron chi connectivity index (χ2n) is 4.63. The number of aromatic carboxylic acids is 1. The summed E-state index contributed by atoms with van der Waals surface area (Å²) in [5, 5.41) is 9.17. The van der Waals surface area contributed by atoms with Gasteiger partial charge in [-0.2, -0.15) is 13.2 Å². The molecule has 0 radical (unpaired) electrons. The molecule has 2 rings (SSSR count). The lowest BCUT2D eigenvalue weighted by Gasteiger charge is -2.21. The summed E-state index contributed by atoms with van der Waals surface area (Å²) < 4.78 is 43.5. The molecule has 0 aliphatic heterocycles. The van der Waals surface area contributed by atoms with Crippen LogP contribution >= 0.6 is 0 Å². The highest BCUT2D eigenvalue weighted by atomic mass is 19.4. The molecule has 0 saturated carbocycles. The molecular weight excluding hydrogens is 313 g/mol. The SMILES string of the molecule is COc1ccc(N(C)c2nc(C(F)(F)F)ccc2C(=O)O)cc1. The van der Waals surface area contributed by atoms with Crippen LogP contribution in [0.3, 0.4) is 0 Å². The number of carboxylic acids is 1. The molecule has 1 aromatic carbocycles. The number of ether oxygens (including phenoxy) is 1. The number of anilines is 2. The Labute approximate surface area is 129 Å². The van der Waals surface area contributed by atoms with E-state index in [1.165, 1.54) is 19.1 Å². The second kappa shape index (κ2) is 6.15. The van der Waals surface area contributed by atoms with Crippen LogP contribution < -0.4 is 9.64 Å². The Kier molecular flexibility index (Phi) is 4.44. The van der Waals surface area contributed by atoms with Crippen molar-refractivity contribution >= 4 is 17.5 Å². The van der Waals surface area contributed by atoms with Crippen molar-refractivity contribution < 1.29 is 27.8 Å². The monoisotopic (exact) mass is 326 g/mol. The number of methoxy groups -OCH3 is 1. The van der Waals surface area contributed by atoms with Crippen LogP contribution in [-0.4, -0.2) is 30.2 Å². The van der Waals surface area contributed by atoms with Crippen LogP contribution in [0.2, 0.25) is 0 Å². The zero-order valence-corrected chi connectivity index (χ0v) is 12.3. The van der Waals surface area contributed by atoms with E-state index in [0.29, 0.717) is 17.5 Å². The molecule has 0 bridgehead atoms. The first-order valence-corrected chi connectivity index (χ1v) is 6.43. The van der Waals surface area contributed by atoms with E-state index in [9.17, 15) is 18.0 Å². The topological polar surface area (TPSA) is 62.7 Å². The van der Waals surface area contributed by atoms with E-state index in [1.54, 1.807) is 24.3 Å². The predicted molar refractivity (Wildman–Crippen MR) is 77.3 cm³/mol. The minimum Gasteiger partial charge on any atom is -0.497 e. The molecular formula is C15H13F3N2O3. The number of carboxylic acid groups (broad SMARTS) is 1. The van der Waals surface area contributed by atoms with Gasteiger partial charge in [-0.25, -0.2) is 9.78 Å². The fourth-order valence-corrected chi connectivity index (χ4v) is 1.96. The van der Waals surface area contributed by atoms with Crippen molar-refractivity contribution in [1.29, 1.82) is 0 Å². The first-order valence-electron chi connectivity index (χ1n) is 6.43. The molecule has 122 valence electrons. The predicted octanol–water partition coefficient (Wildman–Crippen LogP) is 3.58. The van der Waals surface area contributed by atoms with Crippen LogP contribution in [0, 0.1) is 0 Å². The van der Waals surface area contributed by atoms with Gasteiger partial charge in [0.1, 0.15) is 22.8 Å². The van der Waals surface area contributed by atoms with Gasteiger partial charge in [0.15, 0.2) is 0 Å². The van der Waals surface area contributed by atoms with Crippen molar-refractivity contribution in [2.24, 2.45) is 0 Å². The van der Waals surface area contributed by atoms with E-state index in [2.05, 4.69) is 4.98 Å². The first kappa shape index (κ1) is 16.6. The molecule has 8 heteroatoms. The number of halogens is 3. The van der Waals surface area contributed by atoms with Crippen molar-refractivity contribution in [3.63, 3.8) is 0 Å². The van der Waals surface area contributed by atoms with E-state index in [-0.39, 0.29) is 11.4 Å². The van der Waals surface area contributed by atoms with Gasteiger partial charge >= 0.3 is 12.1 Å². The third kappa shape index (κ3) is 3.53. The quantitative estimate of drug-likeness (QED) is 0.930. The van der Waals surface area contributed by atoms with Crippen molar-refractivity contribution in [1.82, 2.24) is 4.98 Å². The Morgan fingerprint density at radius 3 is 2.26 bits per heavy atom. The maximum absolute atomic E-state index is 12.8. The van der Waals surface area contributed by atoms with Crippen molar-refractivity contribution in [3.05, 3.63) is 47.7 Å². The number of alkyl halides is 3. The smallest absolute Gasteiger partial charge is 0.433 e. The summed E-state index contributed by atoms with van der Waals surface area (Å²) in [4.78, 5) is 16.0.